The van der Waals surface area contributed by atoms with Crippen LogP contribution < -0.4 is 0 Å². The van der Waals surface area contributed by atoms with Gasteiger partial charge in [-0.25, -0.2) is 19.9 Å². The van der Waals surface area contributed by atoms with E-state index >= 15 is 0 Å². The van der Waals surface area contributed by atoms with Crippen LogP contribution in [-0.2, 0) is 0 Å². The second-order valence-electron chi connectivity index (χ2n) is 22.8. The van der Waals surface area contributed by atoms with Gasteiger partial charge < -0.3 is 18.7 Å². The van der Waals surface area contributed by atoms with E-state index in [1.165, 1.54) is 65.6 Å². The number of rotatable bonds is 9. The fourth-order valence-corrected chi connectivity index (χ4v) is 12.9. The van der Waals surface area contributed by atoms with E-state index in [0.717, 1.165) is 73.0 Å². The van der Waals surface area contributed by atoms with Crippen molar-refractivity contribution in [1.29, 1.82) is 0 Å². The fraction of sp³-hybridized carbons (Fsp3) is 0. The maximum Gasteiger partial charge on any atom is 0.160 e. The lowest BCUT2D eigenvalue weighted by molar-refractivity contribution is 1.11. The zero-order valence-corrected chi connectivity index (χ0v) is 51.1. The summed E-state index contributed by atoms with van der Waals surface area (Å²) in [4.78, 5) is 23.4. The predicted molar refractivity (Wildman–Crippen MR) is 385 cm³/mol. The quantitative estimate of drug-likeness (QED) is 0.156. The Morgan fingerprint density at radius 1 is 0.280 bits per heavy atom. The second kappa shape index (κ2) is 24.6. The van der Waals surface area contributed by atoms with Gasteiger partial charge in [0.25, 0.3) is 0 Å². The average molecular weight is 1210 g/mol. The normalized spacial score (nSPS) is 11.3. The molecular formula is C84H57ClN8. The van der Waals surface area contributed by atoms with E-state index in [1.54, 1.807) is 0 Å². The van der Waals surface area contributed by atoms with Crippen molar-refractivity contribution >= 4 is 77.0 Å². The number of hydrogen-bond donors (Lipinski definition) is 1. The molecule has 9 heteroatoms. The summed E-state index contributed by atoms with van der Waals surface area (Å²) in [6, 6.07) is 113. The van der Waals surface area contributed by atoms with Gasteiger partial charge in [0.15, 0.2) is 11.6 Å². The van der Waals surface area contributed by atoms with Crippen LogP contribution >= 0.6 is 11.6 Å². The molecule has 93 heavy (non-hydrogen) atoms. The molecule has 6 aromatic heterocycles. The third-order valence-electron chi connectivity index (χ3n) is 17.1. The van der Waals surface area contributed by atoms with Gasteiger partial charge in [-0.3, -0.25) is 0 Å². The molecule has 0 fully saturated rings. The molecule has 440 valence electrons. The Balaban J connectivity index is 0.000000122. The molecule has 0 spiro atoms. The summed E-state index contributed by atoms with van der Waals surface area (Å²) in [5.41, 5.74) is 20.2. The zero-order chi connectivity index (χ0) is 62.0. The van der Waals surface area contributed by atoms with Gasteiger partial charge in [-0.1, -0.05) is 254 Å². The summed E-state index contributed by atoms with van der Waals surface area (Å²) < 4.78 is 6.96. The maximum atomic E-state index is 6.15. The average Bonchev–Trinajstić information content (AvgIpc) is 1.70. The van der Waals surface area contributed by atoms with Crippen LogP contribution in [0.3, 0.4) is 0 Å². The van der Waals surface area contributed by atoms with Gasteiger partial charge in [-0.15, -0.1) is 0 Å². The molecule has 0 amide bonds. The number of para-hydroxylation sites is 4. The molecule has 0 unspecified atom stereocenters. The first-order valence-corrected chi connectivity index (χ1v) is 31.4. The highest BCUT2D eigenvalue weighted by Crippen LogP contribution is 2.40. The van der Waals surface area contributed by atoms with Crippen LogP contribution in [-0.4, -0.2) is 38.6 Å². The van der Waals surface area contributed by atoms with Crippen LogP contribution in [0.4, 0.5) is 0 Å². The van der Waals surface area contributed by atoms with E-state index in [0.29, 0.717) is 16.7 Å². The molecule has 0 atom stereocenters. The molecule has 0 saturated heterocycles. The molecule has 0 aliphatic rings. The van der Waals surface area contributed by atoms with Crippen molar-refractivity contribution in [1.82, 2.24) is 38.6 Å². The first-order chi connectivity index (χ1) is 46.0. The summed E-state index contributed by atoms with van der Waals surface area (Å²) in [6.07, 6.45) is 4.32. The summed E-state index contributed by atoms with van der Waals surface area (Å²) in [6.45, 7) is 0. The molecule has 1 N–H and O–H groups in total. The van der Waals surface area contributed by atoms with Crippen LogP contribution in [0.2, 0.25) is 5.02 Å². The summed E-state index contributed by atoms with van der Waals surface area (Å²) >= 11 is 6.15. The standard InChI is InChI=1S/C42H28N4.C22H15ClN2.C20H14N2/c1-4-13-29(14-5-1)37-28-38(30-15-6-2-7-16-30)44-42(43-37)32-17-12-20-34(27-32)46-39-22-11-10-21-35(39)36-24-23-31-25-26-45(40(31)41(36)46)33-18-8-3-9-19-33;23-19-13-7-12-18(14-19)22-24-20(16-8-3-1-4-9-16)15-21(25-22)17-10-5-2-6-11-17;1-2-6-15(7-3-1)22-13-12-14-10-11-17-16-8-4-5-9-18(16)21-19(17)20(14)22/h1-28H;1-15H;1-13,21H. The fourth-order valence-electron chi connectivity index (χ4n) is 12.7. The highest BCUT2D eigenvalue weighted by molar-refractivity contribution is 6.30. The van der Waals surface area contributed by atoms with Gasteiger partial charge in [0.05, 0.1) is 50.4 Å². The zero-order valence-electron chi connectivity index (χ0n) is 50.3. The number of hydrogen-bond acceptors (Lipinski definition) is 4. The van der Waals surface area contributed by atoms with Crippen LogP contribution in [0, 0.1) is 0 Å². The van der Waals surface area contributed by atoms with E-state index in [-0.39, 0.29) is 0 Å². The smallest absolute Gasteiger partial charge is 0.160 e. The van der Waals surface area contributed by atoms with Crippen molar-refractivity contribution in [2.75, 3.05) is 0 Å². The van der Waals surface area contributed by atoms with Crippen LogP contribution in [0.25, 0.3) is 150 Å². The molecular weight excluding hydrogens is 1160 g/mol. The summed E-state index contributed by atoms with van der Waals surface area (Å²) in [7, 11) is 0. The van der Waals surface area contributed by atoms with Gasteiger partial charge in [0, 0.05) is 106 Å². The third kappa shape index (κ3) is 11.0. The van der Waals surface area contributed by atoms with Gasteiger partial charge in [0.1, 0.15) is 0 Å². The molecule has 8 nitrogen and oxygen atoms in total. The van der Waals surface area contributed by atoms with Gasteiger partial charge >= 0.3 is 0 Å². The van der Waals surface area contributed by atoms with Crippen LogP contribution in [0.1, 0.15) is 0 Å². The van der Waals surface area contributed by atoms with E-state index in [4.69, 9.17) is 31.5 Å². The Hall–Kier alpha value is -12.2. The minimum atomic E-state index is 0.669. The SMILES string of the molecule is Clc1cccc(-c2nc(-c3ccccc3)cc(-c3ccccc3)n2)c1.c1ccc(-c2cc(-c3ccccc3)nc(-c3cccc(-n4c5ccccc5c5ccc6ccn(-c7ccccc7)c6c54)c3)n2)cc1.c1ccc(-n2ccc3ccc4c5ccccc5[nH]c4c32)cc1. The molecule has 0 bridgehead atoms. The van der Waals surface area contributed by atoms with Crippen molar-refractivity contribution in [3.8, 4) is 84.9 Å². The van der Waals surface area contributed by atoms with E-state index in [2.05, 4.69) is 249 Å². The first kappa shape index (κ1) is 56.0. The second-order valence-corrected chi connectivity index (χ2v) is 23.3. The van der Waals surface area contributed by atoms with Crippen molar-refractivity contribution < 1.29 is 0 Å². The van der Waals surface area contributed by atoms with Crippen LogP contribution in [0.5, 0.6) is 0 Å². The van der Waals surface area contributed by atoms with Gasteiger partial charge in [0.2, 0.25) is 0 Å². The minimum absolute atomic E-state index is 0.669. The molecule has 18 aromatic rings. The number of benzene rings is 12. The van der Waals surface area contributed by atoms with Crippen molar-refractivity contribution in [2.24, 2.45) is 0 Å². The number of H-pyrrole nitrogens is 1. The molecule has 0 aliphatic carbocycles. The Morgan fingerprint density at radius 2 is 0.688 bits per heavy atom. The number of aromatic nitrogens is 8. The summed E-state index contributed by atoms with van der Waals surface area (Å²) in [5.74, 6) is 1.36. The van der Waals surface area contributed by atoms with Crippen molar-refractivity contribution in [2.45, 2.75) is 0 Å². The van der Waals surface area contributed by atoms with Gasteiger partial charge in [-0.2, -0.15) is 0 Å². The molecule has 12 aromatic carbocycles. The number of aromatic amines is 1. The Morgan fingerprint density at radius 3 is 1.22 bits per heavy atom. The number of halogens is 1. The Kier molecular flexibility index (Phi) is 14.8. The molecule has 6 heterocycles. The topological polar surface area (TPSA) is 82.1 Å². The van der Waals surface area contributed by atoms with E-state index in [9.17, 15) is 0 Å². The lowest BCUT2D eigenvalue weighted by Gasteiger charge is -2.13. The van der Waals surface area contributed by atoms with Crippen molar-refractivity contribution in [3.05, 3.63) is 345 Å². The maximum absolute atomic E-state index is 6.15. The molecule has 0 aliphatic heterocycles. The van der Waals surface area contributed by atoms with E-state index in [1.807, 2.05) is 109 Å². The van der Waals surface area contributed by atoms with Gasteiger partial charge in [-0.05, 0) is 84.9 Å². The molecule has 0 radical (unpaired) electrons. The Bertz CT molecular complexity index is 5570. The number of nitrogens with zero attached hydrogens (tertiary/aromatic N) is 7. The van der Waals surface area contributed by atoms with Crippen molar-refractivity contribution in [3.63, 3.8) is 0 Å². The molecule has 18 rings (SSSR count). The highest BCUT2D eigenvalue weighted by Gasteiger charge is 2.20. The largest absolute Gasteiger partial charge is 0.353 e. The van der Waals surface area contributed by atoms with E-state index < -0.39 is 0 Å². The molecule has 0 saturated carbocycles. The predicted octanol–water partition coefficient (Wildman–Crippen LogP) is 21.9. The monoisotopic (exact) mass is 1210 g/mol. The van der Waals surface area contributed by atoms with Crippen LogP contribution in [0.15, 0.2) is 340 Å². The summed E-state index contributed by atoms with van der Waals surface area (Å²) in [5, 5.41) is 8.12. The first-order valence-electron chi connectivity index (χ1n) is 31.0. The Labute approximate surface area is 542 Å². The highest BCUT2D eigenvalue weighted by atomic mass is 35.5. The minimum Gasteiger partial charge on any atom is -0.353 e. The number of fused-ring (bicyclic) bond motifs is 10. The number of nitrogens with one attached hydrogen (secondary N) is 1. The lowest BCUT2D eigenvalue weighted by Crippen LogP contribution is -1.99. The third-order valence-corrected chi connectivity index (χ3v) is 17.3. The lowest BCUT2D eigenvalue weighted by atomic mass is 10.1.